The molecule has 2 aromatic carbocycles. The van der Waals surface area contributed by atoms with E-state index in [0.29, 0.717) is 23.1 Å². The number of hydrogen-bond acceptors (Lipinski definition) is 4. The largest absolute Gasteiger partial charge is 0.507 e. The van der Waals surface area contributed by atoms with E-state index in [0.717, 1.165) is 38.5 Å². The molecule has 30 heavy (non-hydrogen) atoms. The lowest BCUT2D eigenvalue weighted by atomic mass is 9.84. The molecule has 1 unspecified atom stereocenters. The van der Waals surface area contributed by atoms with Gasteiger partial charge in [-0.15, -0.1) is 0 Å². The Morgan fingerprint density at radius 3 is 2.50 bits per heavy atom. The summed E-state index contributed by atoms with van der Waals surface area (Å²) in [5.41, 5.74) is 2.74. The quantitative estimate of drug-likeness (QED) is 0.398. The highest BCUT2D eigenvalue weighted by atomic mass is 32.2. The van der Waals surface area contributed by atoms with E-state index in [2.05, 4.69) is 6.92 Å². The van der Waals surface area contributed by atoms with E-state index in [1.165, 1.54) is 5.57 Å². The van der Waals surface area contributed by atoms with Gasteiger partial charge in [0.1, 0.15) is 16.4 Å². The average Bonchev–Trinajstić information content (AvgIpc) is 2.68. The van der Waals surface area contributed by atoms with Crippen molar-refractivity contribution in [3.8, 4) is 11.5 Å². The molecule has 4 nitrogen and oxygen atoms in total. The molecule has 3 rings (SSSR count). The summed E-state index contributed by atoms with van der Waals surface area (Å²) >= 11 is 0. The predicted molar refractivity (Wildman–Crippen MR) is 121 cm³/mol. The number of aromatic hydroxyl groups is 2. The lowest BCUT2D eigenvalue weighted by Crippen LogP contribution is -2.12. The molecule has 162 valence electrons. The zero-order chi connectivity index (χ0) is 21.7. The molecule has 0 radical (unpaired) electrons. The van der Waals surface area contributed by atoms with Crippen molar-refractivity contribution in [2.24, 2.45) is 0 Å². The third-order valence-electron chi connectivity index (χ3n) is 5.85. The van der Waals surface area contributed by atoms with E-state index in [9.17, 15) is 18.6 Å². The number of aryl methyl sites for hydroxylation is 1. The third kappa shape index (κ3) is 5.07. The molecule has 2 N–H and O–H groups in total. The monoisotopic (exact) mass is 428 g/mol. The van der Waals surface area contributed by atoms with Gasteiger partial charge in [-0.05, 0) is 56.2 Å². The fraction of sp³-hybridized carbons (Fsp3) is 0.440. The number of phenols is 2. The Bertz CT molecular complexity index is 1010. The molecule has 2 aromatic rings. The lowest BCUT2D eigenvalue weighted by Gasteiger charge is -2.24. The molecule has 0 saturated carbocycles. The second kappa shape index (κ2) is 9.69. The summed E-state index contributed by atoms with van der Waals surface area (Å²) in [6.07, 6.45) is 8.07. The van der Waals surface area contributed by atoms with Crippen LogP contribution in [0.3, 0.4) is 0 Å². The minimum Gasteiger partial charge on any atom is -0.507 e. The van der Waals surface area contributed by atoms with Gasteiger partial charge in [0.2, 0.25) is 0 Å². The molecule has 1 aliphatic carbocycles. The molecule has 5 heteroatoms. The molecule has 0 heterocycles. The van der Waals surface area contributed by atoms with Crippen molar-refractivity contribution in [3.05, 3.63) is 64.7 Å². The zero-order valence-electron chi connectivity index (χ0n) is 17.9. The number of hydrogen-bond donors (Lipinski definition) is 2. The smallest absolute Gasteiger partial charge is 0.186 e. The average molecular weight is 429 g/mol. The minimum atomic E-state index is -3.79. The Kier molecular flexibility index (Phi) is 7.24. The van der Waals surface area contributed by atoms with Gasteiger partial charge in [-0.25, -0.2) is 8.42 Å². The first-order valence-corrected chi connectivity index (χ1v) is 12.5. The summed E-state index contributed by atoms with van der Waals surface area (Å²) in [5, 5.41) is 22.0. The van der Waals surface area contributed by atoms with Gasteiger partial charge >= 0.3 is 0 Å². The summed E-state index contributed by atoms with van der Waals surface area (Å²) in [5.74, 6) is -0.623. The number of phenolic OH excluding ortho intramolecular Hbond substituents is 2. The molecule has 0 saturated heterocycles. The molecular weight excluding hydrogens is 396 g/mol. The maximum Gasteiger partial charge on any atom is 0.186 e. The van der Waals surface area contributed by atoms with Crippen molar-refractivity contribution in [2.75, 3.05) is 0 Å². The van der Waals surface area contributed by atoms with Crippen LogP contribution in [0.5, 0.6) is 11.5 Å². The van der Waals surface area contributed by atoms with Crippen LogP contribution in [0.2, 0.25) is 0 Å². The zero-order valence-corrected chi connectivity index (χ0v) is 18.7. The topological polar surface area (TPSA) is 74.6 Å². The lowest BCUT2D eigenvalue weighted by molar-refractivity contribution is 0.416. The van der Waals surface area contributed by atoms with Crippen LogP contribution in [0.15, 0.2) is 52.9 Å². The highest BCUT2D eigenvalue weighted by Crippen LogP contribution is 2.46. The number of benzene rings is 2. The van der Waals surface area contributed by atoms with E-state index in [1.807, 2.05) is 31.2 Å². The van der Waals surface area contributed by atoms with E-state index in [4.69, 9.17) is 0 Å². The third-order valence-corrected chi connectivity index (χ3v) is 7.64. The van der Waals surface area contributed by atoms with Gasteiger partial charge in [0.15, 0.2) is 9.84 Å². The molecule has 0 amide bonds. The fourth-order valence-corrected chi connectivity index (χ4v) is 6.11. The molecule has 0 bridgehead atoms. The molecule has 0 aliphatic heterocycles. The molecule has 0 aromatic heterocycles. The van der Waals surface area contributed by atoms with E-state index in [-0.39, 0.29) is 28.1 Å². The maximum absolute atomic E-state index is 13.4. The summed E-state index contributed by atoms with van der Waals surface area (Å²) in [6, 6.07) is 10.6. The van der Waals surface area contributed by atoms with Crippen LogP contribution in [0.1, 0.15) is 75.0 Å². The van der Waals surface area contributed by atoms with E-state index < -0.39 is 9.84 Å². The first-order chi connectivity index (χ1) is 14.3. The number of unbranched alkanes of at least 4 members (excludes halogenated alkanes) is 2. The first kappa shape index (κ1) is 22.4. The molecular formula is C25H32O4S. The Balaban J connectivity index is 2.11. The van der Waals surface area contributed by atoms with Gasteiger partial charge in [0.25, 0.3) is 0 Å². The van der Waals surface area contributed by atoms with Crippen molar-refractivity contribution in [1.82, 2.24) is 0 Å². The van der Waals surface area contributed by atoms with Gasteiger partial charge in [0, 0.05) is 11.5 Å². The van der Waals surface area contributed by atoms with Crippen LogP contribution in [0.25, 0.3) is 0 Å². The molecule has 0 fully saturated rings. The van der Waals surface area contributed by atoms with E-state index >= 15 is 0 Å². The van der Waals surface area contributed by atoms with Crippen molar-refractivity contribution in [2.45, 2.75) is 75.4 Å². The van der Waals surface area contributed by atoms with Gasteiger partial charge in [0.05, 0.1) is 5.75 Å². The minimum absolute atomic E-state index is 0.00592. The SMILES string of the molecule is CCCCCc1cc(O)c(C2C=C(C)CCC2)c(O)c1S(=O)(=O)Cc1ccccc1. The number of sulfone groups is 1. The van der Waals surface area contributed by atoms with Gasteiger partial charge < -0.3 is 10.2 Å². The fourth-order valence-electron chi connectivity index (χ4n) is 4.37. The van der Waals surface area contributed by atoms with Crippen LogP contribution in [0, 0.1) is 0 Å². The van der Waals surface area contributed by atoms with Crippen LogP contribution in [0.4, 0.5) is 0 Å². The Morgan fingerprint density at radius 1 is 1.10 bits per heavy atom. The summed E-state index contributed by atoms with van der Waals surface area (Å²) in [6.45, 7) is 4.12. The van der Waals surface area contributed by atoms with Gasteiger partial charge in [-0.3, -0.25) is 0 Å². The second-order valence-corrected chi connectivity index (χ2v) is 10.3. The predicted octanol–water partition coefficient (Wildman–Crippen LogP) is 6.02. The van der Waals surface area contributed by atoms with Crippen LogP contribution in [-0.4, -0.2) is 18.6 Å². The van der Waals surface area contributed by atoms with Crippen LogP contribution < -0.4 is 0 Å². The summed E-state index contributed by atoms with van der Waals surface area (Å²) in [7, 11) is -3.79. The summed E-state index contributed by atoms with van der Waals surface area (Å²) < 4.78 is 26.9. The van der Waals surface area contributed by atoms with Crippen molar-refractivity contribution in [3.63, 3.8) is 0 Å². The highest BCUT2D eigenvalue weighted by Gasteiger charge is 2.30. The summed E-state index contributed by atoms with van der Waals surface area (Å²) in [4.78, 5) is -0.00752. The van der Waals surface area contributed by atoms with Crippen molar-refractivity contribution < 1.29 is 18.6 Å². The van der Waals surface area contributed by atoms with Crippen molar-refractivity contribution >= 4 is 9.84 Å². The Hall–Kier alpha value is -2.27. The van der Waals surface area contributed by atoms with Crippen molar-refractivity contribution in [1.29, 1.82) is 0 Å². The molecule has 0 spiro atoms. The molecule has 1 atom stereocenters. The molecule has 1 aliphatic rings. The second-order valence-electron chi connectivity index (χ2n) is 8.36. The van der Waals surface area contributed by atoms with Crippen LogP contribution >= 0.6 is 0 Å². The van der Waals surface area contributed by atoms with Gasteiger partial charge in [-0.2, -0.15) is 0 Å². The Labute approximate surface area is 180 Å². The highest BCUT2D eigenvalue weighted by molar-refractivity contribution is 7.90. The normalized spacial score (nSPS) is 17.0. The van der Waals surface area contributed by atoms with Crippen LogP contribution in [-0.2, 0) is 22.0 Å². The standard InChI is InChI=1S/C25H32O4S/c1-3-4-6-13-21-16-22(26)23(20-14-9-10-18(2)15-20)24(27)25(21)30(28,29)17-19-11-7-5-8-12-19/h5,7-8,11-12,15-16,20,26-27H,3-4,6,9-10,13-14,17H2,1-2H3. The number of allylic oxidation sites excluding steroid dienone is 2. The maximum atomic E-state index is 13.4. The number of rotatable bonds is 8. The van der Waals surface area contributed by atoms with E-state index in [1.54, 1.807) is 18.2 Å². The Morgan fingerprint density at radius 2 is 1.83 bits per heavy atom. The van der Waals surface area contributed by atoms with Gasteiger partial charge in [-0.1, -0.05) is 61.7 Å². The first-order valence-electron chi connectivity index (χ1n) is 10.8.